The lowest BCUT2D eigenvalue weighted by atomic mass is 10.2. The molecule has 0 saturated carbocycles. The van der Waals surface area contributed by atoms with E-state index in [0.29, 0.717) is 16.5 Å². The monoisotopic (exact) mass is 462 g/mol. The molecule has 3 aromatic carbocycles. The Balaban J connectivity index is 1.48. The van der Waals surface area contributed by atoms with Crippen LogP contribution in [0.15, 0.2) is 90.1 Å². The first-order chi connectivity index (χ1) is 16.1. The maximum atomic E-state index is 13.9. The molecular weight excluding hydrogens is 443 g/mol. The maximum absolute atomic E-state index is 13.9. The van der Waals surface area contributed by atoms with Gasteiger partial charge in [0.1, 0.15) is 6.61 Å². The molecule has 1 N–H and O–H groups in total. The van der Waals surface area contributed by atoms with Crippen LogP contribution in [0.4, 0.5) is 4.39 Å². The molecule has 0 atom stereocenters. The fourth-order valence-corrected chi connectivity index (χ4v) is 3.75. The topological polar surface area (TPSA) is 86.1 Å². The number of carbonyl (C=O) groups is 2. The smallest absolute Gasteiger partial charge is 0.257 e. The molecule has 0 saturated heterocycles. The Morgan fingerprint density at radius 3 is 2.30 bits per heavy atom. The fraction of sp³-hybridized carbons (Fsp3) is 0.0833. The Hall–Kier alpha value is -3.98. The summed E-state index contributed by atoms with van der Waals surface area (Å²) in [6, 6.07) is 23.9. The Morgan fingerprint density at radius 2 is 1.58 bits per heavy atom. The highest BCUT2D eigenvalue weighted by Gasteiger charge is 2.18. The average Bonchev–Trinajstić information content (AvgIpc) is 3.26. The Kier molecular flexibility index (Phi) is 7.11. The van der Waals surface area contributed by atoms with Gasteiger partial charge in [0.25, 0.3) is 5.91 Å². The van der Waals surface area contributed by atoms with Crippen molar-refractivity contribution in [3.05, 3.63) is 102 Å². The van der Waals surface area contributed by atoms with E-state index in [2.05, 4.69) is 15.5 Å². The molecule has 2 amide bonds. The molecule has 0 unspecified atom stereocenters. The van der Waals surface area contributed by atoms with Gasteiger partial charge in [-0.1, -0.05) is 60.3 Å². The minimum atomic E-state index is -0.474. The van der Waals surface area contributed by atoms with Crippen LogP contribution in [0.5, 0.6) is 5.75 Å². The summed E-state index contributed by atoms with van der Waals surface area (Å²) < 4.78 is 21.2. The fourth-order valence-electron chi connectivity index (χ4n) is 2.98. The summed E-state index contributed by atoms with van der Waals surface area (Å²) in [6.07, 6.45) is 0. The van der Waals surface area contributed by atoms with E-state index < -0.39 is 17.6 Å². The largest absolute Gasteiger partial charge is 0.483 e. The van der Waals surface area contributed by atoms with Crippen LogP contribution < -0.4 is 10.1 Å². The number of halogens is 1. The van der Waals surface area contributed by atoms with Gasteiger partial charge in [0.15, 0.2) is 22.5 Å². The zero-order valence-electron chi connectivity index (χ0n) is 17.3. The highest BCUT2D eigenvalue weighted by atomic mass is 32.2. The quantitative estimate of drug-likeness (QED) is 0.398. The second-order valence-electron chi connectivity index (χ2n) is 6.82. The van der Waals surface area contributed by atoms with E-state index in [4.69, 9.17) is 4.74 Å². The van der Waals surface area contributed by atoms with Crippen LogP contribution >= 0.6 is 11.8 Å². The van der Waals surface area contributed by atoms with Gasteiger partial charge >= 0.3 is 0 Å². The molecule has 1 aromatic heterocycles. The molecule has 0 fully saturated rings. The lowest BCUT2D eigenvalue weighted by Crippen LogP contribution is -2.31. The number of amides is 2. The number of carbonyl (C=O) groups excluding carboxylic acids is 2. The van der Waals surface area contributed by atoms with Crippen molar-refractivity contribution in [1.82, 2.24) is 20.1 Å². The Morgan fingerprint density at radius 1 is 0.909 bits per heavy atom. The van der Waals surface area contributed by atoms with Crippen LogP contribution in [-0.4, -0.2) is 32.3 Å². The number of nitrogens with zero attached hydrogens (tertiary/aromatic N) is 3. The third-order valence-corrected chi connectivity index (χ3v) is 5.46. The first-order valence-electron chi connectivity index (χ1n) is 10.0. The van der Waals surface area contributed by atoms with Crippen molar-refractivity contribution in [2.45, 2.75) is 11.8 Å². The molecular formula is C24H19FN4O3S. The van der Waals surface area contributed by atoms with E-state index in [1.807, 2.05) is 30.3 Å². The summed E-state index contributed by atoms with van der Waals surface area (Å²) in [6.45, 7) is -0.0257. The third kappa shape index (κ3) is 5.64. The first kappa shape index (κ1) is 22.2. The molecule has 0 radical (unpaired) electrons. The van der Waals surface area contributed by atoms with E-state index in [1.54, 1.807) is 47.0 Å². The molecule has 33 heavy (non-hydrogen) atoms. The number of nitrogens with one attached hydrogen (secondary N) is 1. The predicted molar refractivity (Wildman–Crippen MR) is 122 cm³/mol. The second-order valence-corrected chi connectivity index (χ2v) is 7.76. The number of para-hydroxylation sites is 2. The van der Waals surface area contributed by atoms with Gasteiger partial charge < -0.3 is 4.74 Å². The highest BCUT2D eigenvalue weighted by molar-refractivity contribution is 7.99. The van der Waals surface area contributed by atoms with Gasteiger partial charge in [-0.25, -0.2) is 4.39 Å². The average molecular weight is 463 g/mol. The van der Waals surface area contributed by atoms with Crippen molar-refractivity contribution in [1.29, 1.82) is 0 Å². The van der Waals surface area contributed by atoms with Crippen molar-refractivity contribution in [3.8, 4) is 11.4 Å². The van der Waals surface area contributed by atoms with Crippen molar-refractivity contribution in [2.75, 3.05) is 5.75 Å². The van der Waals surface area contributed by atoms with Crippen LogP contribution in [0.2, 0.25) is 0 Å². The minimum Gasteiger partial charge on any atom is -0.483 e. The summed E-state index contributed by atoms with van der Waals surface area (Å²) >= 11 is 1.13. The number of imide groups is 1. The molecule has 0 aliphatic rings. The summed E-state index contributed by atoms with van der Waals surface area (Å²) in [5, 5.41) is 11.1. The van der Waals surface area contributed by atoms with Crippen molar-refractivity contribution < 1.29 is 18.7 Å². The summed E-state index contributed by atoms with van der Waals surface area (Å²) in [5.41, 5.74) is 1.16. The molecule has 4 rings (SSSR count). The van der Waals surface area contributed by atoms with Crippen LogP contribution in [-0.2, 0) is 11.4 Å². The highest BCUT2D eigenvalue weighted by Crippen LogP contribution is 2.23. The van der Waals surface area contributed by atoms with Gasteiger partial charge in [-0.15, -0.1) is 10.2 Å². The molecule has 4 aromatic rings. The number of hydrogen-bond acceptors (Lipinski definition) is 6. The number of rotatable bonds is 8. The van der Waals surface area contributed by atoms with E-state index in [1.165, 1.54) is 12.1 Å². The Bertz CT molecular complexity index is 1250. The maximum Gasteiger partial charge on any atom is 0.257 e. The Labute approximate surface area is 193 Å². The zero-order chi connectivity index (χ0) is 23.0. The van der Waals surface area contributed by atoms with Gasteiger partial charge in [0.2, 0.25) is 5.91 Å². The molecule has 0 bridgehead atoms. The van der Waals surface area contributed by atoms with Crippen LogP contribution in [0.1, 0.15) is 16.2 Å². The molecule has 0 aliphatic heterocycles. The number of benzene rings is 3. The van der Waals surface area contributed by atoms with Crippen LogP contribution in [0.3, 0.4) is 0 Å². The normalized spacial score (nSPS) is 10.6. The zero-order valence-corrected chi connectivity index (χ0v) is 18.2. The SMILES string of the molecule is O=C(CSc1nnc(COc2ccccc2F)n1-c1ccccc1)NC(=O)c1ccccc1. The molecule has 9 heteroatoms. The van der Waals surface area contributed by atoms with Gasteiger partial charge in [-0.3, -0.25) is 19.5 Å². The molecule has 0 spiro atoms. The predicted octanol–water partition coefficient (Wildman–Crippen LogP) is 4.03. The first-order valence-corrected chi connectivity index (χ1v) is 11.0. The molecule has 7 nitrogen and oxygen atoms in total. The molecule has 1 heterocycles. The number of ether oxygens (including phenoxy) is 1. The van der Waals surface area contributed by atoms with E-state index in [9.17, 15) is 14.0 Å². The second kappa shape index (κ2) is 10.6. The summed E-state index contributed by atoms with van der Waals surface area (Å²) in [4.78, 5) is 24.5. The van der Waals surface area contributed by atoms with Gasteiger partial charge in [-0.2, -0.15) is 0 Å². The third-order valence-electron chi connectivity index (χ3n) is 4.53. The number of aromatic nitrogens is 3. The van der Waals surface area contributed by atoms with Crippen molar-refractivity contribution >= 4 is 23.6 Å². The van der Waals surface area contributed by atoms with E-state index >= 15 is 0 Å². The lowest BCUT2D eigenvalue weighted by molar-refractivity contribution is -0.117. The van der Waals surface area contributed by atoms with Crippen molar-refractivity contribution in [2.24, 2.45) is 0 Å². The number of thioether (sulfide) groups is 1. The lowest BCUT2D eigenvalue weighted by Gasteiger charge is -2.11. The van der Waals surface area contributed by atoms with Gasteiger partial charge in [0.05, 0.1) is 5.75 Å². The van der Waals surface area contributed by atoms with Crippen LogP contribution in [0.25, 0.3) is 5.69 Å². The minimum absolute atomic E-state index is 0.0257. The van der Waals surface area contributed by atoms with Crippen LogP contribution in [0, 0.1) is 5.82 Å². The molecule has 166 valence electrons. The standard InChI is InChI=1S/C24H19FN4O3S/c25-19-13-7-8-14-20(19)32-15-21-27-28-24(29(21)18-11-5-2-6-12-18)33-16-22(30)26-23(31)17-9-3-1-4-10-17/h1-14H,15-16H2,(H,26,30,31). The van der Waals surface area contributed by atoms with E-state index in [-0.39, 0.29) is 18.1 Å². The number of hydrogen-bond donors (Lipinski definition) is 1. The van der Waals surface area contributed by atoms with Crippen molar-refractivity contribution in [3.63, 3.8) is 0 Å². The summed E-state index contributed by atoms with van der Waals surface area (Å²) in [7, 11) is 0. The van der Waals surface area contributed by atoms with Gasteiger partial charge in [-0.05, 0) is 36.4 Å². The van der Waals surface area contributed by atoms with E-state index in [0.717, 1.165) is 17.4 Å². The molecule has 0 aliphatic carbocycles. The summed E-state index contributed by atoms with van der Waals surface area (Å²) in [5.74, 6) is -0.902. The van der Waals surface area contributed by atoms with Gasteiger partial charge in [0, 0.05) is 11.3 Å².